The van der Waals surface area contributed by atoms with E-state index in [1.54, 1.807) is 0 Å². The Hall–Kier alpha value is -0.960. The van der Waals surface area contributed by atoms with Crippen molar-refractivity contribution in [2.45, 2.75) is 70.3 Å². The van der Waals surface area contributed by atoms with Gasteiger partial charge in [0.1, 0.15) is 0 Å². The summed E-state index contributed by atoms with van der Waals surface area (Å²) in [5.41, 5.74) is 4.53. The maximum absolute atomic E-state index is 12.4. The highest BCUT2D eigenvalue weighted by Gasteiger charge is 2.22. The molecule has 1 aromatic carbocycles. The standard InChI is InChI=1S/C18H27NOS/c1-12-10-13(2)17(14(3)11-12)19-18(20)15(4)21-16-8-6-5-7-9-16/h10-11,15-16H,5-9H2,1-4H3,(H,19,20)/t15-/m1/s1. The van der Waals surface area contributed by atoms with Gasteiger partial charge in [-0.3, -0.25) is 4.79 Å². The summed E-state index contributed by atoms with van der Waals surface area (Å²) in [7, 11) is 0. The number of carbonyl (C=O) groups is 1. The minimum atomic E-state index is 0.0215. The molecule has 1 aliphatic carbocycles. The third kappa shape index (κ3) is 4.50. The molecule has 116 valence electrons. The van der Waals surface area contributed by atoms with Crippen molar-refractivity contribution in [3.8, 4) is 0 Å². The zero-order valence-corrected chi connectivity index (χ0v) is 14.5. The molecule has 1 N–H and O–H groups in total. The summed E-state index contributed by atoms with van der Waals surface area (Å²) in [6, 6.07) is 4.25. The highest BCUT2D eigenvalue weighted by Crippen LogP contribution is 2.32. The summed E-state index contributed by atoms with van der Waals surface area (Å²) in [5.74, 6) is 0.139. The number of benzene rings is 1. The Balaban J connectivity index is 1.97. The number of rotatable bonds is 4. The Bertz CT molecular complexity index is 483. The monoisotopic (exact) mass is 305 g/mol. The molecule has 0 radical (unpaired) electrons. The maximum Gasteiger partial charge on any atom is 0.237 e. The van der Waals surface area contributed by atoms with E-state index in [2.05, 4.69) is 38.2 Å². The summed E-state index contributed by atoms with van der Waals surface area (Å²) < 4.78 is 0. The molecule has 3 heteroatoms. The van der Waals surface area contributed by atoms with Gasteiger partial charge in [-0.25, -0.2) is 0 Å². The van der Waals surface area contributed by atoms with Crippen molar-refractivity contribution in [3.05, 3.63) is 28.8 Å². The first-order valence-electron chi connectivity index (χ1n) is 8.01. The molecule has 1 aromatic rings. The minimum Gasteiger partial charge on any atom is -0.325 e. The molecule has 1 atom stereocenters. The van der Waals surface area contributed by atoms with Gasteiger partial charge in [0.15, 0.2) is 0 Å². The smallest absolute Gasteiger partial charge is 0.237 e. The van der Waals surface area contributed by atoms with Crippen molar-refractivity contribution in [2.75, 3.05) is 5.32 Å². The third-order valence-electron chi connectivity index (χ3n) is 4.24. The van der Waals surface area contributed by atoms with Gasteiger partial charge < -0.3 is 5.32 Å². The van der Waals surface area contributed by atoms with Crippen LogP contribution in [0.15, 0.2) is 12.1 Å². The second kappa shape index (κ2) is 7.35. The normalized spacial score (nSPS) is 17.5. The lowest BCUT2D eigenvalue weighted by molar-refractivity contribution is -0.115. The molecule has 0 unspecified atom stereocenters. The van der Waals surface area contributed by atoms with Crippen LogP contribution in [0.1, 0.15) is 55.7 Å². The lowest BCUT2D eigenvalue weighted by Gasteiger charge is -2.24. The molecule has 1 amide bonds. The fraction of sp³-hybridized carbons (Fsp3) is 0.611. The van der Waals surface area contributed by atoms with Gasteiger partial charge in [0.05, 0.1) is 5.25 Å². The fourth-order valence-corrected chi connectivity index (χ4v) is 4.52. The SMILES string of the molecule is Cc1cc(C)c(NC(=O)[C@@H](C)SC2CCCCC2)c(C)c1. The van der Waals surface area contributed by atoms with Gasteiger partial charge in [-0.1, -0.05) is 37.0 Å². The Morgan fingerprint density at radius 2 is 1.71 bits per heavy atom. The molecule has 21 heavy (non-hydrogen) atoms. The van der Waals surface area contributed by atoms with Crippen molar-refractivity contribution in [1.82, 2.24) is 0 Å². The Kier molecular flexibility index (Phi) is 5.74. The molecule has 1 fully saturated rings. The molecule has 0 spiro atoms. The van der Waals surface area contributed by atoms with E-state index >= 15 is 0 Å². The molecule has 0 aliphatic heterocycles. The van der Waals surface area contributed by atoms with Crippen LogP contribution in [-0.4, -0.2) is 16.4 Å². The highest BCUT2D eigenvalue weighted by molar-refractivity contribution is 8.01. The highest BCUT2D eigenvalue weighted by atomic mass is 32.2. The summed E-state index contributed by atoms with van der Waals surface area (Å²) >= 11 is 1.85. The van der Waals surface area contributed by atoms with E-state index in [0.717, 1.165) is 16.8 Å². The number of amides is 1. The van der Waals surface area contributed by atoms with Crippen LogP contribution in [-0.2, 0) is 4.79 Å². The van der Waals surface area contributed by atoms with Crippen molar-refractivity contribution < 1.29 is 4.79 Å². The third-order valence-corrected chi connectivity index (χ3v) is 5.72. The first-order chi connectivity index (χ1) is 9.97. The lowest BCUT2D eigenvalue weighted by Crippen LogP contribution is -2.26. The van der Waals surface area contributed by atoms with Crippen LogP contribution in [0.25, 0.3) is 0 Å². The topological polar surface area (TPSA) is 29.1 Å². The molecule has 0 saturated heterocycles. The van der Waals surface area contributed by atoms with Crippen molar-refractivity contribution in [3.63, 3.8) is 0 Å². The number of thioether (sulfide) groups is 1. The number of hydrogen-bond donors (Lipinski definition) is 1. The first kappa shape index (κ1) is 16.4. The van der Waals surface area contributed by atoms with E-state index < -0.39 is 0 Å². The van der Waals surface area contributed by atoms with Crippen LogP contribution in [0.2, 0.25) is 0 Å². The summed E-state index contributed by atoms with van der Waals surface area (Å²) in [6.07, 6.45) is 6.54. The number of anilines is 1. The minimum absolute atomic E-state index is 0.0215. The van der Waals surface area contributed by atoms with E-state index in [0.29, 0.717) is 5.25 Å². The van der Waals surface area contributed by atoms with Gasteiger partial charge in [0.2, 0.25) is 5.91 Å². The van der Waals surface area contributed by atoms with Gasteiger partial charge in [-0.15, -0.1) is 11.8 Å². The molecule has 0 bridgehead atoms. The molecular weight excluding hydrogens is 278 g/mol. The Morgan fingerprint density at radius 1 is 1.14 bits per heavy atom. The fourth-order valence-electron chi connectivity index (χ4n) is 3.15. The predicted octanol–water partition coefficient (Wildman–Crippen LogP) is 5.00. The van der Waals surface area contributed by atoms with Crippen LogP contribution < -0.4 is 5.32 Å². The van der Waals surface area contributed by atoms with Crippen LogP contribution >= 0.6 is 11.8 Å². The van der Waals surface area contributed by atoms with Gasteiger partial charge in [-0.05, 0) is 51.7 Å². The van der Waals surface area contributed by atoms with Crippen LogP contribution in [0.4, 0.5) is 5.69 Å². The number of nitrogens with one attached hydrogen (secondary N) is 1. The zero-order chi connectivity index (χ0) is 15.4. The summed E-state index contributed by atoms with van der Waals surface area (Å²) in [6.45, 7) is 8.25. The number of hydrogen-bond acceptors (Lipinski definition) is 2. The average Bonchev–Trinajstić information content (AvgIpc) is 2.43. The van der Waals surface area contributed by atoms with Gasteiger partial charge in [0.25, 0.3) is 0 Å². The summed E-state index contributed by atoms with van der Waals surface area (Å²) in [5, 5.41) is 3.82. The second-order valence-corrected chi connectivity index (χ2v) is 7.95. The van der Waals surface area contributed by atoms with Crippen molar-refractivity contribution >= 4 is 23.4 Å². The van der Waals surface area contributed by atoms with Crippen LogP contribution in [0, 0.1) is 20.8 Å². The number of aryl methyl sites for hydroxylation is 3. The molecular formula is C18H27NOS. The Morgan fingerprint density at radius 3 is 2.29 bits per heavy atom. The van der Waals surface area contributed by atoms with E-state index in [1.165, 1.54) is 37.7 Å². The van der Waals surface area contributed by atoms with Gasteiger partial charge in [0, 0.05) is 10.9 Å². The second-order valence-electron chi connectivity index (χ2n) is 6.30. The van der Waals surface area contributed by atoms with Crippen molar-refractivity contribution in [1.29, 1.82) is 0 Å². The molecule has 2 rings (SSSR count). The van der Waals surface area contributed by atoms with Crippen molar-refractivity contribution in [2.24, 2.45) is 0 Å². The molecule has 1 saturated carbocycles. The van der Waals surface area contributed by atoms with Crippen LogP contribution in [0.3, 0.4) is 0 Å². The van der Waals surface area contributed by atoms with Gasteiger partial charge in [-0.2, -0.15) is 0 Å². The molecule has 0 aromatic heterocycles. The first-order valence-corrected chi connectivity index (χ1v) is 8.96. The predicted molar refractivity (Wildman–Crippen MR) is 93.2 cm³/mol. The lowest BCUT2D eigenvalue weighted by atomic mass is 10.0. The molecule has 1 aliphatic rings. The van der Waals surface area contributed by atoms with E-state index in [-0.39, 0.29) is 11.2 Å². The quantitative estimate of drug-likeness (QED) is 0.847. The van der Waals surface area contributed by atoms with Crippen LogP contribution in [0.5, 0.6) is 0 Å². The average molecular weight is 305 g/mol. The zero-order valence-electron chi connectivity index (χ0n) is 13.7. The summed E-state index contributed by atoms with van der Waals surface area (Å²) in [4.78, 5) is 12.4. The van der Waals surface area contributed by atoms with E-state index in [9.17, 15) is 4.79 Å². The van der Waals surface area contributed by atoms with E-state index in [4.69, 9.17) is 0 Å². The number of carbonyl (C=O) groups excluding carboxylic acids is 1. The molecule has 2 nitrogen and oxygen atoms in total. The van der Waals surface area contributed by atoms with Gasteiger partial charge >= 0.3 is 0 Å². The Labute approximate surface area is 133 Å². The largest absolute Gasteiger partial charge is 0.325 e. The maximum atomic E-state index is 12.4. The van der Waals surface area contributed by atoms with E-state index in [1.807, 2.05) is 18.7 Å². The molecule has 0 heterocycles.